The molecule has 0 aromatic carbocycles. The van der Waals surface area contributed by atoms with Gasteiger partial charge in [-0.15, -0.1) is 20.4 Å². The molecule has 12 heteroatoms. The van der Waals surface area contributed by atoms with Crippen molar-refractivity contribution in [3.05, 3.63) is 56.3 Å². The summed E-state index contributed by atoms with van der Waals surface area (Å²) in [6.07, 6.45) is 2.82. The lowest BCUT2D eigenvalue weighted by atomic mass is 10.1. The van der Waals surface area contributed by atoms with Crippen LogP contribution in [0.3, 0.4) is 0 Å². The topological polar surface area (TPSA) is 120 Å². The van der Waals surface area contributed by atoms with Crippen molar-refractivity contribution in [3.63, 3.8) is 0 Å². The van der Waals surface area contributed by atoms with Crippen LogP contribution in [0, 0.1) is 13.8 Å². The van der Waals surface area contributed by atoms with E-state index in [2.05, 4.69) is 30.7 Å². The van der Waals surface area contributed by atoms with Gasteiger partial charge in [0.15, 0.2) is 5.16 Å². The smallest absolute Gasteiger partial charge is 0.261 e. The van der Waals surface area contributed by atoms with E-state index >= 15 is 0 Å². The molecule has 0 spiro atoms. The number of thioether (sulfide) groups is 1. The number of hydrogen-bond acceptors (Lipinski definition) is 9. The van der Waals surface area contributed by atoms with E-state index in [0.29, 0.717) is 39.4 Å². The van der Waals surface area contributed by atoms with Crippen LogP contribution in [0.15, 0.2) is 28.3 Å². The maximum atomic E-state index is 13.0. The second-order valence-corrected chi connectivity index (χ2v) is 9.24. The first kappa shape index (κ1) is 22.1. The molecule has 0 atom stereocenters. The minimum atomic E-state index is -0.193. The highest BCUT2D eigenvalue weighted by Crippen LogP contribution is 2.19. The number of anilines is 1. The molecule has 0 unspecified atom stereocenters. The van der Waals surface area contributed by atoms with Gasteiger partial charge in [0.1, 0.15) is 16.5 Å². The summed E-state index contributed by atoms with van der Waals surface area (Å²) < 4.78 is 3.34. The van der Waals surface area contributed by atoms with Crippen molar-refractivity contribution in [2.24, 2.45) is 7.05 Å². The van der Waals surface area contributed by atoms with Gasteiger partial charge >= 0.3 is 0 Å². The van der Waals surface area contributed by atoms with Gasteiger partial charge in [0.2, 0.25) is 11.0 Å². The molecule has 4 heterocycles. The normalized spacial score (nSPS) is 11.2. The number of nitrogens with zero attached hydrogens (tertiary/aromatic N) is 7. The Morgan fingerprint density at radius 1 is 1.22 bits per heavy atom. The lowest BCUT2D eigenvalue weighted by Crippen LogP contribution is -2.22. The van der Waals surface area contributed by atoms with Gasteiger partial charge in [0.05, 0.1) is 5.75 Å². The summed E-state index contributed by atoms with van der Waals surface area (Å²) >= 11 is 2.63. The van der Waals surface area contributed by atoms with Crippen LogP contribution >= 0.6 is 23.1 Å². The molecular formula is C20H22N8O2S2. The maximum absolute atomic E-state index is 13.0. The predicted octanol–water partition coefficient (Wildman–Crippen LogP) is 2.18. The standard InChI is InChI=1S/C20H22N8O2S2/c1-5-17-24-25-19(32-17)22-16(29)10-31-20-26-23-15(27(20)4)9-13-12(3)21-14-8-11(2)6-7-28(14)18(13)30/h6-8H,5,9-10H2,1-4H3,(H,22,25,29). The number of nitrogens with one attached hydrogen (secondary N) is 1. The molecule has 0 saturated carbocycles. The predicted molar refractivity (Wildman–Crippen MR) is 123 cm³/mol. The Labute approximate surface area is 192 Å². The zero-order valence-electron chi connectivity index (χ0n) is 18.1. The molecule has 4 rings (SSSR count). The first-order valence-electron chi connectivity index (χ1n) is 9.97. The van der Waals surface area contributed by atoms with Gasteiger partial charge in [-0.05, 0) is 38.0 Å². The van der Waals surface area contributed by atoms with Crippen molar-refractivity contribution in [2.45, 2.75) is 38.8 Å². The van der Waals surface area contributed by atoms with Gasteiger partial charge in [0.25, 0.3) is 5.56 Å². The quantitative estimate of drug-likeness (QED) is 0.408. The zero-order valence-corrected chi connectivity index (χ0v) is 19.7. The van der Waals surface area contributed by atoms with E-state index in [1.807, 2.05) is 40.0 Å². The van der Waals surface area contributed by atoms with E-state index in [-0.39, 0.29) is 17.2 Å². The Morgan fingerprint density at radius 3 is 2.78 bits per heavy atom. The first-order chi connectivity index (χ1) is 15.4. The minimum absolute atomic E-state index is 0.118. The van der Waals surface area contributed by atoms with Crippen molar-refractivity contribution in [1.82, 2.24) is 34.3 Å². The maximum Gasteiger partial charge on any atom is 0.261 e. The van der Waals surface area contributed by atoms with Crippen LogP contribution in [0.5, 0.6) is 0 Å². The number of carbonyl (C=O) groups is 1. The van der Waals surface area contributed by atoms with Gasteiger partial charge in [-0.3, -0.25) is 19.3 Å². The van der Waals surface area contributed by atoms with Gasteiger partial charge < -0.3 is 4.57 Å². The first-order valence-corrected chi connectivity index (χ1v) is 11.8. The molecule has 0 saturated heterocycles. The molecule has 1 amide bonds. The van der Waals surface area contributed by atoms with Crippen LogP contribution in [-0.4, -0.2) is 46.0 Å². The number of rotatable bonds is 7. The highest BCUT2D eigenvalue weighted by Gasteiger charge is 2.17. The molecule has 0 aliphatic carbocycles. The van der Waals surface area contributed by atoms with Crippen LogP contribution < -0.4 is 10.9 Å². The number of aryl methyl sites for hydroxylation is 3. The largest absolute Gasteiger partial charge is 0.309 e. The third-order valence-electron chi connectivity index (χ3n) is 4.89. The highest BCUT2D eigenvalue weighted by molar-refractivity contribution is 7.99. The second kappa shape index (κ2) is 9.17. The molecule has 10 nitrogen and oxygen atoms in total. The van der Waals surface area contributed by atoms with E-state index in [1.165, 1.54) is 23.1 Å². The summed E-state index contributed by atoms with van der Waals surface area (Å²) in [5.41, 5.74) is 2.78. The van der Waals surface area contributed by atoms with Gasteiger partial charge in [-0.25, -0.2) is 4.98 Å². The zero-order chi connectivity index (χ0) is 22.8. The fourth-order valence-electron chi connectivity index (χ4n) is 3.11. The molecule has 4 aromatic heterocycles. The molecule has 166 valence electrons. The number of hydrogen-bond donors (Lipinski definition) is 1. The number of carbonyl (C=O) groups excluding carboxylic acids is 1. The highest BCUT2D eigenvalue weighted by atomic mass is 32.2. The summed E-state index contributed by atoms with van der Waals surface area (Å²) in [5, 5.41) is 21.0. The van der Waals surface area contributed by atoms with Crippen LogP contribution in [-0.2, 0) is 24.7 Å². The monoisotopic (exact) mass is 470 g/mol. The molecule has 0 aliphatic heterocycles. The van der Waals surface area contributed by atoms with Crippen molar-refractivity contribution in [2.75, 3.05) is 11.1 Å². The number of pyridine rings is 1. The number of aromatic nitrogens is 7. The molecule has 0 aliphatic rings. The van der Waals surface area contributed by atoms with E-state index in [4.69, 9.17) is 0 Å². The average Bonchev–Trinajstić information content (AvgIpc) is 3.35. The van der Waals surface area contributed by atoms with Gasteiger partial charge in [-0.2, -0.15) is 0 Å². The molecule has 0 radical (unpaired) electrons. The Morgan fingerprint density at radius 2 is 2.03 bits per heavy atom. The van der Waals surface area contributed by atoms with Crippen molar-refractivity contribution < 1.29 is 4.79 Å². The summed E-state index contributed by atoms with van der Waals surface area (Å²) in [6.45, 7) is 5.77. The number of fused-ring (bicyclic) bond motifs is 1. The van der Waals surface area contributed by atoms with Crippen molar-refractivity contribution in [3.8, 4) is 0 Å². The van der Waals surface area contributed by atoms with E-state index in [9.17, 15) is 9.59 Å². The van der Waals surface area contributed by atoms with Crippen molar-refractivity contribution in [1.29, 1.82) is 0 Å². The van der Waals surface area contributed by atoms with Crippen LogP contribution in [0.4, 0.5) is 5.13 Å². The Kier molecular flexibility index (Phi) is 6.33. The van der Waals surface area contributed by atoms with Crippen molar-refractivity contribution >= 4 is 39.8 Å². The Bertz CT molecular complexity index is 1360. The molecular weight excluding hydrogens is 448 g/mol. The van der Waals surface area contributed by atoms with Crippen LogP contribution in [0.1, 0.15) is 34.6 Å². The molecule has 32 heavy (non-hydrogen) atoms. The molecule has 0 bridgehead atoms. The van der Waals surface area contributed by atoms with E-state index < -0.39 is 0 Å². The molecule has 1 N–H and O–H groups in total. The Hall–Kier alpha value is -3.12. The summed E-state index contributed by atoms with van der Waals surface area (Å²) in [4.78, 5) is 29.8. The summed E-state index contributed by atoms with van der Waals surface area (Å²) in [6, 6.07) is 3.76. The molecule has 4 aromatic rings. The molecule has 0 fully saturated rings. The fraction of sp³-hybridized carbons (Fsp3) is 0.350. The average molecular weight is 471 g/mol. The SMILES string of the molecule is CCc1nnc(NC(=O)CSc2nnc(Cc3c(C)nc4cc(C)ccn4c3=O)n2C)s1. The third kappa shape index (κ3) is 4.55. The fourth-order valence-corrected chi connectivity index (χ4v) is 4.53. The third-order valence-corrected chi connectivity index (χ3v) is 6.90. The minimum Gasteiger partial charge on any atom is -0.309 e. The summed E-state index contributed by atoms with van der Waals surface area (Å²) in [5.74, 6) is 0.589. The van der Waals surface area contributed by atoms with Crippen LogP contribution in [0.25, 0.3) is 5.65 Å². The summed E-state index contributed by atoms with van der Waals surface area (Å²) in [7, 11) is 1.82. The lowest BCUT2D eigenvalue weighted by molar-refractivity contribution is -0.113. The Balaban J connectivity index is 1.47. The second-order valence-electron chi connectivity index (χ2n) is 7.24. The lowest BCUT2D eigenvalue weighted by Gasteiger charge is -2.09. The van der Waals surface area contributed by atoms with Gasteiger partial charge in [-0.1, -0.05) is 30.0 Å². The van der Waals surface area contributed by atoms with Crippen LogP contribution in [0.2, 0.25) is 0 Å². The van der Waals surface area contributed by atoms with E-state index in [1.54, 1.807) is 15.2 Å². The van der Waals surface area contributed by atoms with Gasteiger partial charge in [0, 0.05) is 30.9 Å². The number of amides is 1. The van der Waals surface area contributed by atoms with E-state index in [0.717, 1.165) is 17.0 Å².